The fourth-order valence-corrected chi connectivity index (χ4v) is 2.47. The van der Waals surface area contributed by atoms with Gasteiger partial charge >= 0.3 is 0 Å². The fraction of sp³-hybridized carbons (Fsp3) is 0.357. The van der Waals surface area contributed by atoms with Crippen molar-refractivity contribution in [3.05, 3.63) is 39.5 Å². The van der Waals surface area contributed by atoms with Crippen LogP contribution in [0.4, 0.5) is 0 Å². The van der Waals surface area contributed by atoms with E-state index in [1.54, 1.807) is 11.7 Å². The van der Waals surface area contributed by atoms with Gasteiger partial charge in [-0.1, -0.05) is 11.6 Å². The van der Waals surface area contributed by atoms with Crippen molar-refractivity contribution in [3.63, 3.8) is 0 Å². The van der Waals surface area contributed by atoms with Crippen molar-refractivity contribution >= 4 is 11.6 Å². The second kappa shape index (κ2) is 5.23. The van der Waals surface area contributed by atoms with Crippen LogP contribution in [0.1, 0.15) is 22.4 Å². The summed E-state index contributed by atoms with van der Waals surface area (Å²) in [5, 5.41) is 14.4. The minimum Gasteiger partial charge on any atom is -0.438 e. The Morgan fingerprint density at radius 1 is 1.26 bits per heavy atom. The van der Waals surface area contributed by atoms with E-state index in [1.165, 1.54) is 0 Å². The summed E-state index contributed by atoms with van der Waals surface area (Å²) in [5.74, 6) is 1.32. The van der Waals surface area contributed by atoms with E-state index in [2.05, 4.69) is 5.10 Å². The molecule has 0 aliphatic heterocycles. The van der Waals surface area contributed by atoms with Crippen LogP contribution in [-0.4, -0.2) is 14.9 Å². The van der Waals surface area contributed by atoms with E-state index in [9.17, 15) is 5.11 Å². The van der Waals surface area contributed by atoms with E-state index >= 15 is 0 Å². The predicted octanol–water partition coefficient (Wildman–Crippen LogP) is 3.28. The molecule has 1 aromatic carbocycles. The summed E-state index contributed by atoms with van der Waals surface area (Å²) in [7, 11) is 1.79. The van der Waals surface area contributed by atoms with Gasteiger partial charge in [-0.3, -0.25) is 0 Å². The van der Waals surface area contributed by atoms with Crippen molar-refractivity contribution in [3.8, 4) is 11.6 Å². The number of nitrogens with zero attached hydrogens (tertiary/aromatic N) is 2. The summed E-state index contributed by atoms with van der Waals surface area (Å²) in [6, 6.07) is 3.71. The molecule has 1 aromatic heterocycles. The Balaban J connectivity index is 2.47. The molecule has 0 aliphatic rings. The van der Waals surface area contributed by atoms with Gasteiger partial charge in [0.15, 0.2) is 0 Å². The maximum Gasteiger partial charge on any atom is 0.223 e. The largest absolute Gasteiger partial charge is 0.438 e. The number of ether oxygens (including phenoxy) is 1. The fourth-order valence-electron chi connectivity index (χ4n) is 2.15. The molecule has 1 N–H and O–H groups in total. The van der Waals surface area contributed by atoms with Gasteiger partial charge < -0.3 is 9.84 Å². The van der Waals surface area contributed by atoms with E-state index in [0.717, 1.165) is 22.6 Å². The lowest BCUT2D eigenvalue weighted by Gasteiger charge is -2.13. The third-order valence-corrected chi connectivity index (χ3v) is 3.29. The van der Waals surface area contributed by atoms with Crippen molar-refractivity contribution < 1.29 is 9.84 Å². The Labute approximate surface area is 117 Å². The standard InChI is InChI=1S/C14H17ClN2O2/c1-8-5-11(15)6-9(2)13(8)19-14-12(7-18)10(3)16-17(14)4/h5-6,18H,7H2,1-4H3. The molecule has 0 saturated carbocycles. The number of halogens is 1. The lowest BCUT2D eigenvalue weighted by atomic mass is 10.1. The Kier molecular flexibility index (Phi) is 3.83. The summed E-state index contributed by atoms with van der Waals surface area (Å²) in [4.78, 5) is 0. The van der Waals surface area contributed by atoms with Gasteiger partial charge in [0.1, 0.15) is 5.75 Å². The SMILES string of the molecule is Cc1cc(Cl)cc(C)c1Oc1c(CO)c(C)nn1C. The molecular weight excluding hydrogens is 264 g/mol. The maximum atomic E-state index is 9.42. The first-order valence-corrected chi connectivity index (χ1v) is 6.39. The topological polar surface area (TPSA) is 47.3 Å². The first-order chi connectivity index (χ1) is 8.93. The summed E-state index contributed by atoms with van der Waals surface area (Å²) in [5.41, 5.74) is 3.38. The Hall–Kier alpha value is -1.52. The maximum absolute atomic E-state index is 9.42. The number of aliphatic hydroxyl groups is 1. The zero-order valence-electron chi connectivity index (χ0n) is 11.5. The number of aromatic nitrogens is 2. The van der Waals surface area contributed by atoms with E-state index in [4.69, 9.17) is 16.3 Å². The molecule has 0 bridgehead atoms. The highest BCUT2D eigenvalue weighted by Crippen LogP contribution is 2.33. The number of hydrogen-bond acceptors (Lipinski definition) is 3. The van der Waals surface area contributed by atoms with Crippen molar-refractivity contribution in [1.29, 1.82) is 0 Å². The van der Waals surface area contributed by atoms with E-state index in [-0.39, 0.29) is 6.61 Å². The Morgan fingerprint density at radius 2 is 1.84 bits per heavy atom. The van der Waals surface area contributed by atoms with Crippen molar-refractivity contribution in [2.24, 2.45) is 7.05 Å². The first-order valence-electron chi connectivity index (χ1n) is 6.02. The molecule has 2 rings (SSSR count). The molecule has 0 fully saturated rings. The van der Waals surface area contributed by atoms with Crippen LogP contribution in [0.2, 0.25) is 5.02 Å². The predicted molar refractivity (Wildman–Crippen MR) is 74.9 cm³/mol. The molecule has 0 amide bonds. The smallest absolute Gasteiger partial charge is 0.223 e. The molecule has 4 nitrogen and oxygen atoms in total. The summed E-state index contributed by atoms with van der Waals surface area (Å²) in [6.07, 6.45) is 0. The van der Waals surface area contributed by atoms with Gasteiger partial charge in [-0.25, -0.2) is 4.68 Å². The number of benzene rings is 1. The van der Waals surface area contributed by atoms with Crippen LogP contribution in [0.3, 0.4) is 0 Å². The summed E-state index contributed by atoms with van der Waals surface area (Å²) < 4.78 is 7.58. The van der Waals surface area contributed by atoms with Crippen LogP contribution in [0.5, 0.6) is 11.6 Å². The van der Waals surface area contributed by atoms with Gasteiger partial charge in [-0.05, 0) is 44.0 Å². The van der Waals surface area contributed by atoms with Crippen LogP contribution in [-0.2, 0) is 13.7 Å². The van der Waals surface area contributed by atoms with Crippen LogP contribution < -0.4 is 4.74 Å². The van der Waals surface area contributed by atoms with Crippen LogP contribution in [0, 0.1) is 20.8 Å². The lowest BCUT2D eigenvalue weighted by molar-refractivity contribution is 0.274. The van der Waals surface area contributed by atoms with Crippen LogP contribution in [0.15, 0.2) is 12.1 Å². The van der Waals surface area contributed by atoms with Crippen molar-refractivity contribution in [2.45, 2.75) is 27.4 Å². The molecule has 0 saturated heterocycles. The lowest BCUT2D eigenvalue weighted by Crippen LogP contribution is -1.99. The van der Waals surface area contributed by atoms with Crippen LogP contribution >= 0.6 is 11.6 Å². The molecule has 0 spiro atoms. The van der Waals surface area contributed by atoms with Crippen LogP contribution in [0.25, 0.3) is 0 Å². The summed E-state index contributed by atoms with van der Waals surface area (Å²) >= 11 is 6.01. The zero-order valence-corrected chi connectivity index (χ0v) is 12.2. The highest BCUT2D eigenvalue weighted by molar-refractivity contribution is 6.30. The Bertz CT molecular complexity index is 597. The van der Waals surface area contributed by atoms with E-state index in [0.29, 0.717) is 16.5 Å². The molecule has 0 aliphatic carbocycles. The average Bonchev–Trinajstić information content (AvgIpc) is 2.57. The molecule has 0 radical (unpaired) electrons. The minimum atomic E-state index is -0.0965. The second-order valence-electron chi connectivity index (χ2n) is 4.62. The second-order valence-corrected chi connectivity index (χ2v) is 5.06. The van der Waals surface area contributed by atoms with E-state index < -0.39 is 0 Å². The molecule has 0 atom stereocenters. The van der Waals surface area contributed by atoms with Crippen molar-refractivity contribution in [2.75, 3.05) is 0 Å². The van der Waals surface area contributed by atoms with Crippen molar-refractivity contribution in [1.82, 2.24) is 9.78 Å². The average molecular weight is 281 g/mol. The van der Waals surface area contributed by atoms with Gasteiger partial charge in [-0.2, -0.15) is 5.10 Å². The third-order valence-electron chi connectivity index (χ3n) is 3.07. The molecular formula is C14H17ClN2O2. The van der Waals surface area contributed by atoms with Gasteiger partial charge in [0.2, 0.25) is 5.88 Å². The quantitative estimate of drug-likeness (QED) is 0.938. The number of rotatable bonds is 3. The molecule has 1 heterocycles. The number of hydrogen-bond donors (Lipinski definition) is 1. The van der Waals surface area contributed by atoms with Gasteiger partial charge in [0.05, 0.1) is 17.9 Å². The molecule has 2 aromatic rings. The molecule has 0 unspecified atom stereocenters. The van der Waals surface area contributed by atoms with Gasteiger partial charge in [0.25, 0.3) is 0 Å². The highest BCUT2D eigenvalue weighted by Gasteiger charge is 2.16. The minimum absolute atomic E-state index is 0.0965. The Morgan fingerprint density at radius 3 is 2.37 bits per heavy atom. The molecule has 19 heavy (non-hydrogen) atoms. The zero-order chi connectivity index (χ0) is 14.2. The van der Waals surface area contributed by atoms with Gasteiger partial charge in [0, 0.05) is 12.1 Å². The molecule has 5 heteroatoms. The monoisotopic (exact) mass is 280 g/mol. The molecule has 102 valence electrons. The number of aryl methyl sites for hydroxylation is 4. The van der Waals surface area contributed by atoms with Gasteiger partial charge in [-0.15, -0.1) is 0 Å². The first kappa shape index (κ1) is 13.9. The number of aliphatic hydroxyl groups excluding tert-OH is 1. The third kappa shape index (κ3) is 2.60. The highest BCUT2D eigenvalue weighted by atomic mass is 35.5. The van der Waals surface area contributed by atoms with E-state index in [1.807, 2.05) is 32.9 Å². The normalized spacial score (nSPS) is 10.8. The summed E-state index contributed by atoms with van der Waals surface area (Å²) in [6.45, 7) is 5.63.